The van der Waals surface area contributed by atoms with E-state index in [1.807, 2.05) is 0 Å². The summed E-state index contributed by atoms with van der Waals surface area (Å²) in [5.74, 6) is 0.840. The average molecular weight is 684 g/mol. The predicted molar refractivity (Wildman–Crippen MR) is 194 cm³/mol. The third kappa shape index (κ3) is 7.73. The summed E-state index contributed by atoms with van der Waals surface area (Å²) in [6.45, 7) is 22.5. The number of phenols is 2. The van der Waals surface area contributed by atoms with E-state index in [-0.39, 0.29) is 30.3 Å². The van der Waals surface area contributed by atoms with Crippen molar-refractivity contribution in [1.29, 1.82) is 0 Å². The van der Waals surface area contributed by atoms with Gasteiger partial charge in [-0.3, -0.25) is 0 Å². The molecule has 2 aliphatic heterocycles. The van der Waals surface area contributed by atoms with Crippen LogP contribution in [-0.2, 0) is 43.4 Å². The fraction of sp³-hybridized carbons (Fsp3) is 0.350. The molecule has 0 radical (unpaired) electrons. The van der Waals surface area contributed by atoms with E-state index >= 15 is 0 Å². The molecule has 2 N–H and O–H groups in total. The number of benzene rings is 4. The molecule has 0 spiro atoms. The van der Waals surface area contributed by atoms with Crippen LogP contribution in [0.5, 0.6) is 11.5 Å². The number of hydrogen-bond donors (Lipinski definition) is 2. The molecule has 0 saturated carbocycles. The van der Waals surface area contributed by atoms with Crippen molar-refractivity contribution in [2.24, 2.45) is 0 Å². The first kappa shape index (κ1) is 36.1. The second-order valence-corrected chi connectivity index (χ2v) is 14.8. The standard InChI is InChI=1S/2C20H25N2O.Zn/c2*1-14-10-15(19(23)16(11-14)20(2,3)4)12-22-13-21(5)17-8-6-7-9-18(17)22;/h2*6-11,13,23H,12H2,1-5H3;/q2*-1;+2. The summed E-state index contributed by atoms with van der Waals surface area (Å²) in [7, 11) is 4.10. The molecule has 6 nitrogen and oxygen atoms in total. The third-order valence-corrected chi connectivity index (χ3v) is 8.73. The SMILES string of the molecule is Cc1cc(CN2[CH-]N(C)c3ccccc32)c(O)c(C(C)(C)C)c1.Cc1cc(CN2[CH-]N(C)c3ccccc32)c(O)c(C(C)(C)C)c1.[Zn+2]. The van der Waals surface area contributed by atoms with E-state index in [1.165, 1.54) is 33.9 Å². The molecule has 0 bridgehead atoms. The molecule has 0 saturated heterocycles. The molecule has 6 rings (SSSR count). The van der Waals surface area contributed by atoms with Crippen LogP contribution in [0.4, 0.5) is 22.7 Å². The monoisotopic (exact) mass is 682 g/mol. The number of fused-ring (bicyclic) bond motifs is 2. The van der Waals surface area contributed by atoms with Gasteiger partial charge in [0.25, 0.3) is 0 Å². The van der Waals surface area contributed by atoms with Crippen molar-refractivity contribution in [1.82, 2.24) is 0 Å². The van der Waals surface area contributed by atoms with Gasteiger partial charge in [0.15, 0.2) is 0 Å². The van der Waals surface area contributed by atoms with Gasteiger partial charge in [-0.25, -0.2) is 0 Å². The van der Waals surface area contributed by atoms with Crippen molar-refractivity contribution in [2.45, 2.75) is 79.3 Å². The molecule has 4 aromatic rings. The van der Waals surface area contributed by atoms with E-state index in [9.17, 15) is 10.2 Å². The van der Waals surface area contributed by atoms with Crippen LogP contribution in [0.2, 0.25) is 0 Å². The Labute approximate surface area is 295 Å². The van der Waals surface area contributed by atoms with E-state index in [1.54, 1.807) is 0 Å². The number of nitrogens with zero attached hydrogens (tertiary/aromatic N) is 4. The van der Waals surface area contributed by atoms with Gasteiger partial charge in [-0.2, -0.15) is 13.3 Å². The van der Waals surface area contributed by atoms with E-state index in [0.717, 1.165) is 22.3 Å². The molecule has 7 heteroatoms. The van der Waals surface area contributed by atoms with Gasteiger partial charge >= 0.3 is 19.5 Å². The Hall–Kier alpha value is -3.70. The number of aromatic hydroxyl groups is 2. The molecule has 47 heavy (non-hydrogen) atoms. The van der Waals surface area contributed by atoms with Crippen LogP contribution in [-0.4, -0.2) is 24.3 Å². The molecular formula is C40H50N4O2Zn. The number of anilines is 4. The van der Waals surface area contributed by atoms with Crippen molar-refractivity contribution in [3.8, 4) is 11.5 Å². The maximum absolute atomic E-state index is 10.8. The average Bonchev–Trinajstić information content (AvgIpc) is 3.47. The van der Waals surface area contributed by atoms with Gasteiger partial charge in [-0.1, -0.05) is 101 Å². The molecular weight excluding hydrogens is 634 g/mol. The maximum Gasteiger partial charge on any atom is 2.00 e. The fourth-order valence-corrected chi connectivity index (χ4v) is 6.39. The minimum Gasteiger partial charge on any atom is -0.507 e. The molecule has 2 aliphatic rings. The topological polar surface area (TPSA) is 53.4 Å². The van der Waals surface area contributed by atoms with Crippen LogP contribution in [0.25, 0.3) is 0 Å². The van der Waals surface area contributed by atoms with Gasteiger partial charge in [0.05, 0.1) is 0 Å². The summed E-state index contributed by atoms with van der Waals surface area (Å²) in [6, 6.07) is 25.0. The van der Waals surface area contributed by atoms with Crippen LogP contribution in [0.3, 0.4) is 0 Å². The minimum absolute atomic E-state index is 0. The number of hydrogen-bond acceptors (Lipinski definition) is 6. The molecule has 244 valence electrons. The Morgan fingerprint density at radius 2 is 0.872 bits per heavy atom. The number of rotatable bonds is 4. The van der Waals surface area contributed by atoms with Gasteiger partial charge in [0, 0.05) is 47.0 Å². The van der Waals surface area contributed by atoms with E-state index in [2.05, 4.69) is 175 Å². The smallest absolute Gasteiger partial charge is 0.507 e. The van der Waals surface area contributed by atoms with Crippen LogP contribution in [0.1, 0.15) is 74.9 Å². The largest absolute Gasteiger partial charge is 2.00 e. The van der Waals surface area contributed by atoms with Crippen molar-refractivity contribution >= 4 is 22.7 Å². The Kier molecular flexibility index (Phi) is 10.6. The predicted octanol–water partition coefficient (Wildman–Crippen LogP) is 9.15. The second kappa shape index (κ2) is 13.8. The number of aryl methyl sites for hydroxylation is 2. The van der Waals surface area contributed by atoms with Crippen LogP contribution < -0.4 is 19.6 Å². The molecule has 4 aromatic carbocycles. The van der Waals surface area contributed by atoms with E-state index in [0.29, 0.717) is 24.6 Å². The molecule has 0 fully saturated rings. The third-order valence-electron chi connectivity index (χ3n) is 8.73. The summed E-state index contributed by atoms with van der Waals surface area (Å²) in [4.78, 5) is 8.62. The van der Waals surface area contributed by atoms with E-state index in [4.69, 9.17) is 0 Å². The summed E-state index contributed by atoms with van der Waals surface area (Å²) < 4.78 is 0. The van der Waals surface area contributed by atoms with Gasteiger partial charge in [0.2, 0.25) is 0 Å². The zero-order chi connectivity index (χ0) is 33.6. The maximum atomic E-state index is 10.8. The summed E-state index contributed by atoms with van der Waals surface area (Å²) in [5.41, 5.74) is 10.9. The van der Waals surface area contributed by atoms with Crippen molar-refractivity contribution in [3.63, 3.8) is 0 Å². The molecule has 0 amide bonds. The molecule has 0 aromatic heterocycles. The molecule has 0 aliphatic carbocycles. The quantitative estimate of drug-likeness (QED) is 0.165. The first-order valence-electron chi connectivity index (χ1n) is 16.1. The van der Waals surface area contributed by atoms with Gasteiger partial charge in [0.1, 0.15) is 11.5 Å². The zero-order valence-electron chi connectivity index (χ0n) is 29.9. The van der Waals surface area contributed by atoms with Gasteiger partial charge < -0.3 is 29.8 Å². The van der Waals surface area contributed by atoms with Crippen molar-refractivity contribution < 1.29 is 29.7 Å². The first-order chi connectivity index (χ1) is 21.5. The molecule has 2 heterocycles. The Morgan fingerprint density at radius 3 is 1.19 bits per heavy atom. The molecule has 0 atom stereocenters. The van der Waals surface area contributed by atoms with Crippen molar-refractivity contribution in [2.75, 3.05) is 33.7 Å². The van der Waals surface area contributed by atoms with Crippen LogP contribution >= 0.6 is 0 Å². The second-order valence-electron chi connectivity index (χ2n) is 14.8. The van der Waals surface area contributed by atoms with Gasteiger partial charge in [-0.05, 0) is 74.2 Å². The summed E-state index contributed by atoms with van der Waals surface area (Å²) in [6.07, 6.45) is 0. The minimum atomic E-state index is -0.0751. The molecule has 0 unspecified atom stereocenters. The first-order valence-corrected chi connectivity index (χ1v) is 16.1. The number of para-hydroxylation sites is 4. The van der Waals surface area contributed by atoms with Gasteiger partial charge in [-0.15, -0.1) is 0 Å². The summed E-state index contributed by atoms with van der Waals surface area (Å²) >= 11 is 0. The Balaban J connectivity index is 0.000000208. The Bertz CT molecular complexity index is 1600. The number of phenolic OH excluding ortho intramolecular Hbond substituents is 2. The van der Waals surface area contributed by atoms with Crippen molar-refractivity contribution in [3.05, 3.63) is 120 Å². The normalized spacial score (nSPS) is 14.0. The fourth-order valence-electron chi connectivity index (χ4n) is 6.39. The zero-order valence-corrected chi connectivity index (χ0v) is 32.9. The summed E-state index contributed by atoms with van der Waals surface area (Å²) in [5, 5.41) is 21.5. The Morgan fingerprint density at radius 1 is 0.553 bits per heavy atom. The van der Waals surface area contributed by atoms with Crippen LogP contribution in [0.15, 0.2) is 72.8 Å². The van der Waals surface area contributed by atoms with Crippen LogP contribution in [0, 0.1) is 27.2 Å². The van der Waals surface area contributed by atoms with E-state index < -0.39 is 0 Å².